The van der Waals surface area contributed by atoms with E-state index in [4.69, 9.17) is 0 Å². The van der Waals surface area contributed by atoms with Gasteiger partial charge in [0.1, 0.15) is 0 Å². The zero-order chi connectivity index (χ0) is 16.2. The van der Waals surface area contributed by atoms with Crippen molar-refractivity contribution in [3.63, 3.8) is 0 Å². The van der Waals surface area contributed by atoms with Crippen LogP contribution >= 0.6 is 0 Å². The van der Waals surface area contributed by atoms with Crippen molar-refractivity contribution in [3.8, 4) is 0 Å². The van der Waals surface area contributed by atoms with E-state index in [0.717, 1.165) is 23.1 Å². The molecule has 0 heterocycles. The third-order valence-electron chi connectivity index (χ3n) is 5.48. The van der Waals surface area contributed by atoms with E-state index < -0.39 is 26.7 Å². The molecule has 0 radical (unpaired) electrons. The molecule has 3 rings (SSSR count). The summed E-state index contributed by atoms with van der Waals surface area (Å²) in [5.41, 5.74) is 1.34. The first kappa shape index (κ1) is 15.4. The molecular formula is C17H20O4S. The maximum absolute atomic E-state index is 13.0. The van der Waals surface area contributed by atoms with Crippen molar-refractivity contribution in [2.24, 2.45) is 10.8 Å². The van der Waals surface area contributed by atoms with Gasteiger partial charge in [-0.3, -0.25) is 9.35 Å². The van der Waals surface area contributed by atoms with Gasteiger partial charge in [-0.05, 0) is 24.0 Å². The van der Waals surface area contributed by atoms with Crippen molar-refractivity contribution in [2.75, 3.05) is 5.75 Å². The monoisotopic (exact) mass is 320 g/mol. The summed E-state index contributed by atoms with van der Waals surface area (Å²) in [4.78, 5) is 13.0. The number of carbonyl (C=O) groups is 1. The van der Waals surface area contributed by atoms with Crippen molar-refractivity contribution >= 4 is 15.9 Å². The first-order valence-corrected chi connectivity index (χ1v) is 9.05. The van der Waals surface area contributed by atoms with Gasteiger partial charge in [-0.2, -0.15) is 8.42 Å². The third-order valence-corrected chi connectivity index (χ3v) is 6.34. The van der Waals surface area contributed by atoms with Crippen LogP contribution in [0.2, 0.25) is 0 Å². The molecule has 0 aromatic heterocycles. The van der Waals surface area contributed by atoms with Crippen LogP contribution in [-0.4, -0.2) is 24.5 Å². The Hall–Kier alpha value is -1.46. The Morgan fingerprint density at radius 2 is 1.82 bits per heavy atom. The Labute approximate surface area is 131 Å². The van der Waals surface area contributed by atoms with E-state index in [2.05, 4.69) is 0 Å². The fraction of sp³-hybridized carbons (Fsp3) is 0.471. The molecule has 1 unspecified atom stereocenters. The highest BCUT2D eigenvalue weighted by atomic mass is 32.2. The molecule has 2 bridgehead atoms. The molecule has 0 saturated heterocycles. The molecule has 2 aliphatic carbocycles. The van der Waals surface area contributed by atoms with Crippen molar-refractivity contribution in [1.82, 2.24) is 0 Å². The van der Waals surface area contributed by atoms with Gasteiger partial charge in [-0.1, -0.05) is 49.8 Å². The van der Waals surface area contributed by atoms with E-state index in [1.165, 1.54) is 0 Å². The lowest BCUT2D eigenvalue weighted by molar-refractivity contribution is -0.126. The topological polar surface area (TPSA) is 71.4 Å². The molecule has 4 nitrogen and oxygen atoms in total. The summed E-state index contributed by atoms with van der Waals surface area (Å²) in [6.45, 7) is 3.85. The minimum Gasteiger partial charge on any atom is -0.294 e. The molecule has 1 atom stereocenters. The molecule has 0 amide bonds. The van der Waals surface area contributed by atoms with Gasteiger partial charge in [0.05, 0.1) is 11.2 Å². The summed E-state index contributed by atoms with van der Waals surface area (Å²) < 4.78 is 32.2. The summed E-state index contributed by atoms with van der Waals surface area (Å²) >= 11 is 0. The van der Waals surface area contributed by atoms with Gasteiger partial charge < -0.3 is 0 Å². The van der Waals surface area contributed by atoms with Crippen LogP contribution in [0, 0.1) is 10.8 Å². The maximum atomic E-state index is 13.0. The zero-order valence-corrected chi connectivity index (χ0v) is 13.6. The minimum absolute atomic E-state index is 0.0970. The summed E-state index contributed by atoms with van der Waals surface area (Å²) in [6, 6.07) is 9.72. The molecule has 1 aromatic rings. The predicted octanol–water partition coefficient (Wildman–Crippen LogP) is 2.80. The Kier molecular flexibility index (Phi) is 3.34. The predicted molar refractivity (Wildman–Crippen MR) is 84.0 cm³/mol. The van der Waals surface area contributed by atoms with Crippen molar-refractivity contribution < 1.29 is 17.8 Å². The van der Waals surface area contributed by atoms with Crippen molar-refractivity contribution in [2.45, 2.75) is 33.1 Å². The van der Waals surface area contributed by atoms with Gasteiger partial charge in [-0.25, -0.2) is 0 Å². The summed E-state index contributed by atoms with van der Waals surface area (Å²) in [5, 5.41) is 0. The van der Waals surface area contributed by atoms with Crippen LogP contribution in [0.25, 0.3) is 0 Å². The van der Waals surface area contributed by atoms with Crippen LogP contribution in [0.1, 0.15) is 32.3 Å². The molecule has 2 aliphatic rings. The first-order valence-electron chi connectivity index (χ1n) is 7.44. The van der Waals surface area contributed by atoms with E-state index in [1.54, 1.807) is 0 Å². The minimum atomic E-state index is -4.20. The average Bonchev–Trinajstić information content (AvgIpc) is 2.73. The van der Waals surface area contributed by atoms with Crippen molar-refractivity contribution in [3.05, 3.63) is 47.0 Å². The molecule has 5 heteroatoms. The fourth-order valence-electron chi connectivity index (χ4n) is 4.22. The second-order valence-electron chi connectivity index (χ2n) is 6.88. The number of carbonyl (C=O) groups excluding carboxylic acids is 1. The van der Waals surface area contributed by atoms with E-state index >= 15 is 0 Å². The van der Waals surface area contributed by atoms with E-state index in [-0.39, 0.29) is 5.78 Å². The second-order valence-corrected chi connectivity index (χ2v) is 8.33. The highest BCUT2D eigenvalue weighted by Crippen LogP contribution is 2.63. The molecule has 0 aliphatic heterocycles. The van der Waals surface area contributed by atoms with E-state index in [9.17, 15) is 17.8 Å². The largest absolute Gasteiger partial charge is 0.294 e. The van der Waals surface area contributed by atoms with Gasteiger partial charge in [0.15, 0.2) is 5.78 Å². The number of fused-ring (bicyclic) bond motifs is 2. The number of allylic oxidation sites excluding steroid dienone is 2. The van der Waals surface area contributed by atoms with Crippen LogP contribution in [0.3, 0.4) is 0 Å². The quantitative estimate of drug-likeness (QED) is 0.866. The normalized spacial score (nSPS) is 26.8. The lowest BCUT2D eigenvalue weighted by atomic mass is 9.69. The average molecular weight is 320 g/mol. The van der Waals surface area contributed by atoms with Crippen LogP contribution < -0.4 is 0 Å². The van der Waals surface area contributed by atoms with E-state index in [0.29, 0.717) is 12.8 Å². The van der Waals surface area contributed by atoms with Gasteiger partial charge in [0, 0.05) is 11.8 Å². The molecule has 1 fully saturated rings. The first-order chi connectivity index (χ1) is 10.2. The highest BCUT2D eigenvalue weighted by molar-refractivity contribution is 7.85. The lowest BCUT2D eigenvalue weighted by Gasteiger charge is -2.35. The maximum Gasteiger partial charge on any atom is 0.265 e. The third kappa shape index (κ3) is 2.15. The van der Waals surface area contributed by atoms with Gasteiger partial charge in [0.2, 0.25) is 0 Å². The van der Waals surface area contributed by atoms with Gasteiger partial charge in [0.25, 0.3) is 10.1 Å². The second kappa shape index (κ2) is 4.77. The number of ketones is 1. The van der Waals surface area contributed by atoms with Crippen LogP contribution in [0.5, 0.6) is 0 Å². The molecule has 22 heavy (non-hydrogen) atoms. The summed E-state index contributed by atoms with van der Waals surface area (Å²) in [7, 11) is -4.20. The van der Waals surface area contributed by atoms with E-state index in [1.807, 2.05) is 44.2 Å². The Morgan fingerprint density at radius 1 is 1.18 bits per heavy atom. The Morgan fingerprint density at radius 3 is 2.41 bits per heavy atom. The van der Waals surface area contributed by atoms with Crippen molar-refractivity contribution in [1.29, 1.82) is 0 Å². The highest BCUT2D eigenvalue weighted by Gasteiger charge is 2.64. The van der Waals surface area contributed by atoms with Crippen LogP contribution in [0.4, 0.5) is 0 Å². The summed E-state index contributed by atoms with van der Waals surface area (Å²) in [6.07, 6.45) is 1.77. The van der Waals surface area contributed by atoms with Gasteiger partial charge in [-0.15, -0.1) is 0 Å². The molecule has 1 aromatic carbocycles. The molecular weight excluding hydrogens is 300 g/mol. The smallest absolute Gasteiger partial charge is 0.265 e. The SMILES string of the molecule is CC1(C)C2=C(Cc3ccccc3)C(=O)C1(CS(=O)(=O)O)CC2. The Bertz CT molecular complexity index is 759. The lowest BCUT2D eigenvalue weighted by Crippen LogP contribution is -2.43. The van der Waals surface area contributed by atoms with Crippen LogP contribution in [-0.2, 0) is 21.3 Å². The van der Waals surface area contributed by atoms with Crippen LogP contribution in [0.15, 0.2) is 41.5 Å². The number of rotatable bonds is 4. The standard InChI is InChI=1S/C17H20O4S/c1-16(2)14-8-9-17(16,11-22(19,20)21)15(18)13(14)10-12-6-4-3-5-7-12/h3-7H,8-11H2,1-2H3,(H,19,20,21). The number of hydrogen-bond donors (Lipinski definition) is 1. The molecule has 1 N–H and O–H groups in total. The van der Waals surface area contributed by atoms with Gasteiger partial charge >= 0.3 is 0 Å². The molecule has 1 saturated carbocycles. The fourth-order valence-corrected chi connectivity index (χ4v) is 5.48. The molecule has 0 spiro atoms. The number of hydrogen-bond acceptors (Lipinski definition) is 3. The number of benzene rings is 1. The zero-order valence-electron chi connectivity index (χ0n) is 12.8. The molecule has 118 valence electrons. The Balaban J connectivity index is 2.03. The summed E-state index contributed by atoms with van der Waals surface area (Å²) in [5.74, 6) is -0.576. The number of Topliss-reactive ketones (excluding diaryl/α,β-unsaturated/α-hetero) is 1.